The van der Waals surface area contributed by atoms with Crippen LogP contribution in [0.4, 0.5) is 0 Å². The molecule has 0 radical (unpaired) electrons. The first-order valence-corrected chi connectivity index (χ1v) is 7.71. The highest BCUT2D eigenvalue weighted by Crippen LogP contribution is 2.25. The van der Waals surface area contributed by atoms with Gasteiger partial charge in [0.15, 0.2) is 6.39 Å². The Morgan fingerprint density at radius 1 is 1.41 bits per heavy atom. The smallest absolute Gasteiger partial charge is 0.292 e. The third-order valence-corrected chi connectivity index (χ3v) is 4.22. The maximum Gasteiger partial charge on any atom is 0.292 e. The van der Waals surface area contributed by atoms with Crippen molar-refractivity contribution < 1.29 is 9.21 Å². The van der Waals surface area contributed by atoms with Crippen LogP contribution in [0.25, 0.3) is 0 Å². The molecule has 0 aliphatic carbocycles. The number of rotatable bonds is 3. The topological polar surface area (TPSA) is 58.4 Å². The van der Waals surface area contributed by atoms with Gasteiger partial charge in [0.1, 0.15) is 0 Å². The minimum absolute atomic E-state index is 0.0247. The summed E-state index contributed by atoms with van der Waals surface area (Å²) in [6.45, 7) is 6.15. The molecule has 1 aliphatic heterocycles. The Hall–Kier alpha value is -2.14. The van der Waals surface area contributed by atoms with Crippen LogP contribution in [0.5, 0.6) is 0 Å². The standard InChI is InChI=1S/C17H21N3O2/c1-3-13-4-6-14(7-5-13)15-10-18-8-9-20(15)17(21)16-12(2)19-11-22-16/h4-7,11,15,18H,3,8-10H2,1-2H3. The van der Waals surface area contributed by atoms with Crippen LogP contribution in [0.15, 0.2) is 35.1 Å². The van der Waals surface area contributed by atoms with Crippen molar-refractivity contribution in [3.8, 4) is 0 Å². The molecular weight excluding hydrogens is 278 g/mol. The van der Waals surface area contributed by atoms with E-state index in [1.165, 1.54) is 12.0 Å². The van der Waals surface area contributed by atoms with Crippen molar-refractivity contribution in [2.24, 2.45) is 0 Å². The third-order valence-electron chi connectivity index (χ3n) is 4.22. The van der Waals surface area contributed by atoms with Gasteiger partial charge in [-0.1, -0.05) is 31.2 Å². The molecule has 1 atom stereocenters. The van der Waals surface area contributed by atoms with Crippen molar-refractivity contribution in [3.05, 3.63) is 53.2 Å². The molecule has 1 fully saturated rings. The number of nitrogens with one attached hydrogen (secondary N) is 1. The van der Waals surface area contributed by atoms with Crippen LogP contribution >= 0.6 is 0 Å². The van der Waals surface area contributed by atoms with Crippen molar-refractivity contribution in [1.29, 1.82) is 0 Å². The Kier molecular flexibility index (Phi) is 4.24. The van der Waals surface area contributed by atoms with Gasteiger partial charge in [0.25, 0.3) is 5.91 Å². The highest BCUT2D eigenvalue weighted by atomic mass is 16.3. The number of aromatic nitrogens is 1. The molecule has 116 valence electrons. The molecule has 22 heavy (non-hydrogen) atoms. The number of carbonyl (C=O) groups excluding carboxylic acids is 1. The van der Waals surface area contributed by atoms with Crippen LogP contribution in [0, 0.1) is 6.92 Å². The number of hydrogen-bond acceptors (Lipinski definition) is 4. The third kappa shape index (κ3) is 2.76. The van der Waals surface area contributed by atoms with Gasteiger partial charge < -0.3 is 14.6 Å². The van der Waals surface area contributed by atoms with Crippen LogP contribution in [0.2, 0.25) is 0 Å². The molecular formula is C17H21N3O2. The molecule has 1 unspecified atom stereocenters. The normalized spacial score (nSPS) is 18.5. The number of nitrogens with zero attached hydrogens (tertiary/aromatic N) is 2. The van der Waals surface area contributed by atoms with E-state index in [1.54, 1.807) is 6.92 Å². The maximum absolute atomic E-state index is 12.8. The highest BCUT2D eigenvalue weighted by Gasteiger charge is 2.31. The molecule has 0 saturated carbocycles. The summed E-state index contributed by atoms with van der Waals surface area (Å²) in [5.41, 5.74) is 3.09. The average molecular weight is 299 g/mol. The van der Waals surface area contributed by atoms with Crippen LogP contribution in [0.3, 0.4) is 0 Å². The summed E-state index contributed by atoms with van der Waals surface area (Å²) in [6.07, 6.45) is 2.35. The predicted octanol–water partition coefficient (Wildman–Crippen LogP) is 2.33. The van der Waals surface area contributed by atoms with E-state index in [4.69, 9.17) is 4.42 Å². The van der Waals surface area contributed by atoms with E-state index in [-0.39, 0.29) is 11.9 Å². The average Bonchev–Trinajstić information content (AvgIpc) is 3.00. The fourth-order valence-electron chi connectivity index (χ4n) is 2.86. The molecule has 2 heterocycles. The molecule has 5 nitrogen and oxygen atoms in total. The quantitative estimate of drug-likeness (QED) is 0.945. The summed E-state index contributed by atoms with van der Waals surface area (Å²) in [6, 6.07) is 8.52. The minimum Gasteiger partial charge on any atom is -0.438 e. The minimum atomic E-state index is -0.0823. The molecule has 0 spiro atoms. The number of benzene rings is 1. The molecule has 0 bridgehead atoms. The number of aryl methyl sites for hydroxylation is 2. The SMILES string of the molecule is CCc1ccc(C2CNCCN2C(=O)c2ocnc2C)cc1. The van der Waals surface area contributed by atoms with Gasteiger partial charge in [-0.15, -0.1) is 0 Å². The van der Waals surface area contributed by atoms with Gasteiger partial charge in [0.2, 0.25) is 5.76 Å². The number of piperazine rings is 1. The molecule has 2 aromatic rings. The van der Waals surface area contributed by atoms with Crippen LogP contribution < -0.4 is 5.32 Å². The lowest BCUT2D eigenvalue weighted by atomic mass is 10.0. The van der Waals surface area contributed by atoms with Gasteiger partial charge in [-0.05, 0) is 24.5 Å². The van der Waals surface area contributed by atoms with Crippen molar-refractivity contribution in [3.63, 3.8) is 0 Å². The first kappa shape index (κ1) is 14.8. The Morgan fingerprint density at radius 2 is 2.18 bits per heavy atom. The summed E-state index contributed by atoms with van der Waals surface area (Å²) in [4.78, 5) is 18.7. The number of amides is 1. The highest BCUT2D eigenvalue weighted by molar-refractivity contribution is 5.92. The first-order chi connectivity index (χ1) is 10.7. The Bertz CT molecular complexity index is 648. The lowest BCUT2D eigenvalue weighted by Crippen LogP contribution is -2.48. The fourth-order valence-corrected chi connectivity index (χ4v) is 2.86. The second-order valence-corrected chi connectivity index (χ2v) is 5.58. The van der Waals surface area contributed by atoms with E-state index in [9.17, 15) is 4.79 Å². The summed E-state index contributed by atoms with van der Waals surface area (Å²) in [5.74, 6) is 0.262. The zero-order chi connectivity index (χ0) is 15.5. The molecule has 1 saturated heterocycles. The molecule has 1 aromatic heterocycles. The lowest BCUT2D eigenvalue weighted by molar-refractivity contribution is 0.0600. The molecule has 1 amide bonds. The maximum atomic E-state index is 12.8. The second kappa shape index (κ2) is 6.32. The predicted molar refractivity (Wildman–Crippen MR) is 83.7 cm³/mol. The van der Waals surface area contributed by atoms with Gasteiger partial charge in [-0.25, -0.2) is 4.98 Å². The second-order valence-electron chi connectivity index (χ2n) is 5.58. The van der Waals surface area contributed by atoms with E-state index in [0.717, 1.165) is 25.1 Å². The lowest BCUT2D eigenvalue weighted by Gasteiger charge is -2.36. The Labute approximate surface area is 130 Å². The van der Waals surface area contributed by atoms with Crippen molar-refractivity contribution >= 4 is 5.91 Å². The zero-order valence-electron chi connectivity index (χ0n) is 13.0. The molecule has 1 N–H and O–H groups in total. The van der Waals surface area contributed by atoms with Gasteiger partial charge in [0, 0.05) is 19.6 Å². The summed E-state index contributed by atoms with van der Waals surface area (Å²) >= 11 is 0. The van der Waals surface area contributed by atoms with Gasteiger partial charge in [0.05, 0.1) is 11.7 Å². The van der Waals surface area contributed by atoms with E-state index >= 15 is 0 Å². The van der Waals surface area contributed by atoms with Crippen LogP contribution in [-0.4, -0.2) is 35.4 Å². The number of hydrogen-bond donors (Lipinski definition) is 1. The van der Waals surface area contributed by atoms with Crippen molar-refractivity contribution in [2.75, 3.05) is 19.6 Å². The number of carbonyl (C=O) groups is 1. The van der Waals surface area contributed by atoms with E-state index in [2.05, 4.69) is 41.5 Å². The molecule has 3 rings (SSSR count). The Morgan fingerprint density at radius 3 is 2.82 bits per heavy atom. The van der Waals surface area contributed by atoms with Gasteiger partial charge in [-0.2, -0.15) is 0 Å². The summed E-state index contributed by atoms with van der Waals surface area (Å²) in [5, 5.41) is 3.37. The van der Waals surface area contributed by atoms with E-state index < -0.39 is 0 Å². The molecule has 1 aromatic carbocycles. The molecule has 1 aliphatic rings. The summed E-state index contributed by atoms with van der Waals surface area (Å²) < 4.78 is 5.28. The largest absolute Gasteiger partial charge is 0.438 e. The zero-order valence-corrected chi connectivity index (χ0v) is 13.0. The van der Waals surface area contributed by atoms with E-state index in [0.29, 0.717) is 18.0 Å². The fraction of sp³-hybridized carbons (Fsp3) is 0.412. The van der Waals surface area contributed by atoms with Gasteiger partial charge >= 0.3 is 0 Å². The van der Waals surface area contributed by atoms with Gasteiger partial charge in [-0.3, -0.25) is 4.79 Å². The van der Waals surface area contributed by atoms with Crippen molar-refractivity contribution in [1.82, 2.24) is 15.2 Å². The summed E-state index contributed by atoms with van der Waals surface area (Å²) in [7, 11) is 0. The molecule has 5 heteroatoms. The van der Waals surface area contributed by atoms with E-state index in [1.807, 2.05) is 4.90 Å². The van der Waals surface area contributed by atoms with Crippen molar-refractivity contribution in [2.45, 2.75) is 26.3 Å². The Balaban J connectivity index is 1.87. The van der Waals surface area contributed by atoms with Crippen LogP contribution in [-0.2, 0) is 6.42 Å². The van der Waals surface area contributed by atoms with Crippen LogP contribution in [0.1, 0.15) is 40.3 Å². The monoisotopic (exact) mass is 299 g/mol. The first-order valence-electron chi connectivity index (χ1n) is 7.71. The number of oxazole rings is 1.